The summed E-state index contributed by atoms with van der Waals surface area (Å²) in [5, 5.41) is 0. The lowest BCUT2D eigenvalue weighted by Gasteiger charge is -1.93. The molecule has 0 saturated carbocycles. The zero-order valence-corrected chi connectivity index (χ0v) is 7.80. The summed E-state index contributed by atoms with van der Waals surface area (Å²) in [6, 6.07) is 0. The minimum atomic E-state index is 0.546. The van der Waals surface area contributed by atoms with Crippen molar-refractivity contribution in [3.05, 3.63) is 17.8 Å². The van der Waals surface area contributed by atoms with E-state index < -0.39 is 0 Å². The van der Waals surface area contributed by atoms with Crippen LogP contribution in [0.1, 0.15) is 11.7 Å². The van der Waals surface area contributed by atoms with Crippen LogP contribution in [-0.2, 0) is 17.6 Å². The highest BCUT2D eigenvalue weighted by molar-refractivity contribution is 6.17. The molecule has 0 aromatic carbocycles. The third kappa shape index (κ3) is 2.83. The summed E-state index contributed by atoms with van der Waals surface area (Å²) in [5.74, 6) is 2.11. The molecule has 4 heteroatoms. The number of alkyl halides is 1. The number of aromatic nitrogens is 1. The lowest BCUT2D eigenvalue weighted by Crippen LogP contribution is -1.92. The van der Waals surface area contributed by atoms with E-state index in [0.29, 0.717) is 24.8 Å². The van der Waals surface area contributed by atoms with Gasteiger partial charge < -0.3 is 9.15 Å². The van der Waals surface area contributed by atoms with Crippen LogP contribution in [0.4, 0.5) is 0 Å². The maximum absolute atomic E-state index is 5.52. The zero-order valence-electron chi connectivity index (χ0n) is 7.05. The highest BCUT2D eigenvalue weighted by Crippen LogP contribution is 2.05. The van der Waals surface area contributed by atoms with Gasteiger partial charge in [-0.15, -0.1) is 11.6 Å². The molecular weight excluding hydrogens is 178 g/mol. The topological polar surface area (TPSA) is 35.3 Å². The number of halogens is 1. The maximum Gasteiger partial charge on any atom is 0.195 e. The first-order valence-electron chi connectivity index (χ1n) is 3.85. The Balaban J connectivity index is 2.41. The van der Waals surface area contributed by atoms with Gasteiger partial charge in [0.2, 0.25) is 0 Å². The Labute approximate surface area is 76.7 Å². The fourth-order valence-electron chi connectivity index (χ4n) is 0.863. The molecule has 0 radical (unpaired) electrons. The van der Waals surface area contributed by atoms with Crippen molar-refractivity contribution in [1.29, 1.82) is 0 Å². The van der Waals surface area contributed by atoms with Crippen molar-refractivity contribution in [2.45, 2.75) is 12.8 Å². The number of aryl methyl sites for hydroxylation is 1. The van der Waals surface area contributed by atoms with Crippen LogP contribution in [0, 0.1) is 0 Å². The molecule has 0 atom stereocenters. The van der Waals surface area contributed by atoms with Gasteiger partial charge in [-0.1, -0.05) is 0 Å². The SMILES string of the molecule is COCCc1cnc(CCCl)o1. The van der Waals surface area contributed by atoms with Gasteiger partial charge in [-0.2, -0.15) is 0 Å². The summed E-state index contributed by atoms with van der Waals surface area (Å²) in [7, 11) is 1.66. The van der Waals surface area contributed by atoms with Crippen LogP contribution >= 0.6 is 11.6 Å². The van der Waals surface area contributed by atoms with Crippen LogP contribution < -0.4 is 0 Å². The number of methoxy groups -OCH3 is 1. The van der Waals surface area contributed by atoms with Gasteiger partial charge in [-0.25, -0.2) is 4.98 Å². The maximum atomic E-state index is 5.52. The molecular formula is C8H12ClNO2. The highest BCUT2D eigenvalue weighted by atomic mass is 35.5. The summed E-state index contributed by atoms with van der Waals surface area (Å²) >= 11 is 5.52. The molecule has 1 rings (SSSR count). The van der Waals surface area contributed by atoms with E-state index in [1.54, 1.807) is 13.3 Å². The molecule has 0 saturated heterocycles. The van der Waals surface area contributed by atoms with Crippen LogP contribution in [0.5, 0.6) is 0 Å². The first-order chi connectivity index (χ1) is 5.86. The van der Waals surface area contributed by atoms with E-state index in [4.69, 9.17) is 20.8 Å². The van der Waals surface area contributed by atoms with Gasteiger partial charge >= 0.3 is 0 Å². The second-order valence-electron chi connectivity index (χ2n) is 2.40. The Bertz CT molecular complexity index is 225. The Morgan fingerprint density at radius 3 is 3.08 bits per heavy atom. The van der Waals surface area contributed by atoms with Crippen molar-refractivity contribution in [3.8, 4) is 0 Å². The minimum Gasteiger partial charge on any atom is -0.446 e. The standard InChI is InChI=1S/C8H12ClNO2/c1-11-5-3-7-6-10-8(12-7)2-4-9/h6H,2-5H2,1H3. The molecule has 68 valence electrons. The van der Waals surface area contributed by atoms with Crippen molar-refractivity contribution in [2.24, 2.45) is 0 Å². The minimum absolute atomic E-state index is 0.546. The van der Waals surface area contributed by atoms with Crippen molar-refractivity contribution >= 4 is 11.6 Å². The summed E-state index contributed by atoms with van der Waals surface area (Å²) in [6.07, 6.45) is 3.18. The Morgan fingerprint density at radius 2 is 2.42 bits per heavy atom. The summed E-state index contributed by atoms with van der Waals surface area (Å²) in [6.45, 7) is 0.662. The number of ether oxygens (including phenoxy) is 1. The molecule has 0 aliphatic carbocycles. The molecule has 3 nitrogen and oxygen atoms in total. The number of hydrogen-bond acceptors (Lipinski definition) is 3. The predicted molar refractivity (Wildman–Crippen MR) is 46.5 cm³/mol. The fourth-order valence-corrected chi connectivity index (χ4v) is 1.02. The van der Waals surface area contributed by atoms with Gasteiger partial charge in [-0.3, -0.25) is 0 Å². The number of oxazole rings is 1. The van der Waals surface area contributed by atoms with E-state index in [-0.39, 0.29) is 0 Å². The highest BCUT2D eigenvalue weighted by Gasteiger charge is 2.01. The van der Waals surface area contributed by atoms with Gasteiger partial charge in [0.25, 0.3) is 0 Å². The quantitative estimate of drug-likeness (QED) is 0.661. The molecule has 1 aromatic heterocycles. The molecule has 0 N–H and O–H groups in total. The molecule has 0 aliphatic heterocycles. The van der Waals surface area contributed by atoms with Crippen molar-refractivity contribution in [2.75, 3.05) is 19.6 Å². The third-order valence-corrected chi connectivity index (χ3v) is 1.65. The third-order valence-electron chi connectivity index (χ3n) is 1.46. The smallest absolute Gasteiger partial charge is 0.195 e. The molecule has 0 aliphatic rings. The average Bonchev–Trinajstić information content (AvgIpc) is 2.50. The van der Waals surface area contributed by atoms with Crippen LogP contribution in [0.3, 0.4) is 0 Å². The molecule has 0 amide bonds. The average molecular weight is 190 g/mol. The van der Waals surface area contributed by atoms with E-state index in [9.17, 15) is 0 Å². The first kappa shape index (κ1) is 9.55. The molecule has 0 spiro atoms. The molecule has 0 bridgehead atoms. The molecule has 0 fully saturated rings. The van der Waals surface area contributed by atoms with Gasteiger partial charge in [0.05, 0.1) is 12.8 Å². The van der Waals surface area contributed by atoms with Crippen LogP contribution in [0.25, 0.3) is 0 Å². The van der Waals surface area contributed by atoms with Gasteiger partial charge in [0, 0.05) is 25.8 Å². The van der Waals surface area contributed by atoms with Crippen molar-refractivity contribution < 1.29 is 9.15 Å². The Morgan fingerprint density at radius 1 is 1.58 bits per heavy atom. The van der Waals surface area contributed by atoms with E-state index >= 15 is 0 Å². The summed E-state index contributed by atoms with van der Waals surface area (Å²) in [4.78, 5) is 4.05. The molecule has 1 aromatic rings. The largest absolute Gasteiger partial charge is 0.446 e. The fraction of sp³-hybridized carbons (Fsp3) is 0.625. The lowest BCUT2D eigenvalue weighted by molar-refractivity contribution is 0.196. The van der Waals surface area contributed by atoms with Crippen LogP contribution in [-0.4, -0.2) is 24.6 Å². The van der Waals surface area contributed by atoms with Gasteiger partial charge in [0.15, 0.2) is 5.89 Å². The number of nitrogens with zero attached hydrogens (tertiary/aromatic N) is 1. The van der Waals surface area contributed by atoms with Gasteiger partial charge in [-0.05, 0) is 0 Å². The predicted octanol–water partition coefficient (Wildman–Crippen LogP) is 1.64. The normalized spacial score (nSPS) is 10.5. The molecule has 0 unspecified atom stereocenters. The zero-order chi connectivity index (χ0) is 8.81. The first-order valence-corrected chi connectivity index (χ1v) is 4.38. The number of hydrogen-bond donors (Lipinski definition) is 0. The van der Waals surface area contributed by atoms with E-state index in [1.165, 1.54) is 0 Å². The van der Waals surface area contributed by atoms with Crippen molar-refractivity contribution in [3.63, 3.8) is 0 Å². The van der Waals surface area contributed by atoms with Gasteiger partial charge in [0.1, 0.15) is 5.76 Å². The summed E-state index contributed by atoms with van der Waals surface area (Å²) < 4.78 is 10.3. The van der Waals surface area contributed by atoms with Crippen LogP contribution in [0.15, 0.2) is 10.6 Å². The molecule has 1 heterocycles. The summed E-state index contributed by atoms with van der Waals surface area (Å²) in [5.41, 5.74) is 0. The molecule has 12 heavy (non-hydrogen) atoms. The second kappa shape index (κ2) is 5.17. The Kier molecular flexibility index (Phi) is 4.11. The number of rotatable bonds is 5. The van der Waals surface area contributed by atoms with E-state index in [2.05, 4.69) is 4.98 Å². The Hall–Kier alpha value is -0.540. The lowest BCUT2D eigenvalue weighted by atomic mass is 10.4. The van der Waals surface area contributed by atoms with E-state index in [0.717, 1.165) is 12.2 Å². The van der Waals surface area contributed by atoms with Crippen LogP contribution in [0.2, 0.25) is 0 Å². The van der Waals surface area contributed by atoms with Crippen molar-refractivity contribution in [1.82, 2.24) is 4.98 Å². The second-order valence-corrected chi connectivity index (χ2v) is 2.78. The van der Waals surface area contributed by atoms with E-state index in [1.807, 2.05) is 0 Å². The monoisotopic (exact) mass is 189 g/mol.